The minimum atomic E-state index is -0.955. The van der Waals surface area contributed by atoms with E-state index in [1.54, 1.807) is 5.41 Å². The van der Waals surface area contributed by atoms with Crippen molar-refractivity contribution in [2.45, 2.75) is 24.1 Å². The molecule has 0 radical (unpaired) electrons. The van der Waals surface area contributed by atoms with Crippen molar-refractivity contribution >= 4 is 47.3 Å². The lowest BCUT2D eigenvalue weighted by molar-refractivity contribution is -0.384. The van der Waals surface area contributed by atoms with Gasteiger partial charge in [-0.15, -0.1) is 23.4 Å². The quantitative estimate of drug-likeness (QED) is 0.178. The molecular formula is C16H14ClN3O6S. The number of benzene rings is 1. The van der Waals surface area contributed by atoms with Crippen LogP contribution in [0, 0.1) is 10.1 Å². The summed E-state index contributed by atoms with van der Waals surface area (Å²) in [6.07, 6.45) is 0.448. The molecule has 1 saturated heterocycles. The van der Waals surface area contributed by atoms with Gasteiger partial charge in [-0.05, 0) is 28.7 Å². The number of nitro groups is 1. The Hall–Kier alpha value is -2.59. The number of thioether (sulfide) groups is 1. The molecule has 1 aromatic rings. The van der Waals surface area contributed by atoms with Gasteiger partial charge in [-0.3, -0.25) is 19.7 Å². The molecule has 0 aromatic heterocycles. The molecule has 27 heavy (non-hydrogen) atoms. The summed E-state index contributed by atoms with van der Waals surface area (Å²) in [6, 6.07) is 3.96. The second kappa shape index (κ2) is 7.97. The van der Waals surface area contributed by atoms with E-state index in [4.69, 9.17) is 16.3 Å². The number of hydrogen-bond donors (Lipinski definition) is 1. The Morgan fingerprint density at radius 2 is 2.11 bits per heavy atom. The van der Waals surface area contributed by atoms with Gasteiger partial charge in [-0.25, -0.2) is 4.79 Å². The molecule has 0 saturated carbocycles. The maximum Gasteiger partial charge on any atom is 0.333 e. The Balaban J connectivity index is 1.69. The third-order valence-electron chi connectivity index (χ3n) is 4.22. The van der Waals surface area contributed by atoms with Crippen molar-refractivity contribution in [3.05, 3.63) is 50.9 Å². The zero-order valence-electron chi connectivity index (χ0n) is 13.7. The van der Waals surface area contributed by atoms with Crippen molar-refractivity contribution < 1.29 is 24.0 Å². The van der Waals surface area contributed by atoms with E-state index >= 15 is 0 Å². The highest BCUT2D eigenvalue weighted by Crippen LogP contribution is 2.40. The maximum atomic E-state index is 12.6. The van der Waals surface area contributed by atoms with E-state index in [-0.39, 0.29) is 24.1 Å². The fraction of sp³-hybridized carbons (Fsp3) is 0.312. The molecule has 3 rings (SSSR count). The number of fused-ring (bicyclic) bond motifs is 1. The van der Waals surface area contributed by atoms with Crippen LogP contribution in [0.3, 0.4) is 0 Å². The van der Waals surface area contributed by atoms with Gasteiger partial charge in [-0.2, -0.15) is 0 Å². The van der Waals surface area contributed by atoms with Gasteiger partial charge in [0.25, 0.3) is 5.69 Å². The highest BCUT2D eigenvalue weighted by atomic mass is 35.5. The number of esters is 1. The van der Waals surface area contributed by atoms with Crippen molar-refractivity contribution in [1.82, 2.24) is 10.2 Å². The standard InChI is InChI=1S/C16H14ClN3O6S/c17-5-10-7-27-15-12(18-8-21)14(22)19(15)13(10)16(23)26-6-9-1-3-11(4-2-9)20(24)25/h1-4,7-8,12-13,15H,5-6H2,(H,18,21)/t12?,13?,15-/m0/s1. The molecule has 2 amide bonds. The molecule has 142 valence electrons. The first-order valence-electron chi connectivity index (χ1n) is 7.80. The van der Waals surface area contributed by atoms with Crippen LogP contribution in [-0.4, -0.2) is 51.4 Å². The van der Waals surface area contributed by atoms with E-state index in [1.807, 2.05) is 0 Å². The number of nitro benzene ring substituents is 1. The average molecular weight is 412 g/mol. The summed E-state index contributed by atoms with van der Waals surface area (Å²) in [5.41, 5.74) is 1.04. The summed E-state index contributed by atoms with van der Waals surface area (Å²) in [6.45, 7) is -0.0985. The molecule has 2 aliphatic rings. The van der Waals surface area contributed by atoms with Crippen LogP contribution in [0.4, 0.5) is 5.69 Å². The number of β-lactam (4-membered cyclic amide) rings is 1. The van der Waals surface area contributed by atoms with E-state index in [1.165, 1.54) is 40.9 Å². The molecule has 0 aliphatic carbocycles. The summed E-state index contributed by atoms with van der Waals surface area (Å²) in [5, 5.41) is 14.4. The first-order valence-corrected chi connectivity index (χ1v) is 9.28. The monoisotopic (exact) mass is 411 g/mol. The van der Waals surface area contributed by atoms with E-state index in [0.717, 1.165) is 0 Å². The predicted molar refractivity (Wildman–Crippen MR) is 96.7 cm³/mol. The summed E-state index contributed by atoms with van der Waals surface area (Å²) in [5.74, 6) is -0.983. The zero-order valence-corrected chi connectivity index (χ0v) is 15.3. The van der Waals surface area contributed by atoms with Gasteiger partial charge in [0, 0.05) is 18.0 Å². The van der Waals surface area contributed by atoms with Gasteiger partial charge in [0.15, 0.2) is 6.04 Å². The van der Waals surface area contributed by atoms with Gasteiger partial charge < -0.3 is 15.0 Å². The number of rotatable bonds is 7. The molecule has 1 N–H and O–H groups in total. The molecule has 9 nitrogen and oxygen atoms in total. The van der Waals surface area contributed by atoms with Crippen LogP contribution < -0.4 is 5.32 Å². The number of carbonyl (C=O) groups is 3. The lowest BCUT2D eigenvalue weighted by Gasteiger charge is -2.51. The fourth-order valence-corrected chi connectivity index (χ4v) is 4.40. The second-order valence-corrected chi connectivity index (χ2v) is 7.05. The summed E-state index contributed by atoms with van der Waals surface area (Å²) in [4.78, 5) is 47.0. The first kappa shape index (κ1) is 19.2. The molecule has 0 bridgehead atoms. The lowest BCUT2D eigenvalue weighted by Crippen LogP contribution is -2.73. The number of amides is 2. The van der Waals surface area contributed by atoms with Crippen molar-refractivity contribution in [3.63, 3.8) is 0 Å². The topological polar surface area (TPSA) is 119 Å². The molecule has 2 unspecified atom stereocenters. The molecule has 3 atom stereocenters. The van der Waals surface area contributed by atoms with Crippen LogP contribution in [0.25, 0.3) is 0 Å². The van der Waals surface area contributed by atoms with Crippen LogP contribution in [0.5, 0.6) is 0 Å². The van der Waals surface area contributed by atoms with Crippen molar-refractivity contribution in [1.29, 1.82) is 0 Å². The first-order chi connectivity index (χ1) is 13.0. The van der Waals surface area contributed by atoms with E-state index in [2.05, 4.69) is 5.32 Å². The van der Waals surface area contributed by atoms with Crippen molar-refractivity contribution in [2.24, 2.45) is 0 Å². The zero-order chi connectivity index (χ0) is 19.6. The largest absolute Gasteiger partial charge is 0.459 e. The summed E-state index contributed by atoms with van der Waals surface area (Å²) in [7, 11) is 0. The third kappa shape index (κ3) is 3.62. The van der Waals surface area contributed by atoms with E-state index in [9.17, 15) is 24.5 Å². The molecular weight excluding hydrogens is 398 g/mol. The molecule has 2 aliphatic heterocycles. The predicted octanol–water partition coefficient (Wildman–Crippen LogP) is 1.16. The molecule has 1 fully saturated rings. The second-order valence-electron chi connectivity index (χ2n) is 5.79. The van der Waals surface area contributed by atoms with Crippen molar-refractivity contribution in [2.75, 3.05) is 5.88 Å². The highest BCUT2D eigenvalue weighted by molar-refractivity contribution is 8.03. The fourth-order valence-electron chi connectivity index (χ4n) is 2.85. The normalized spacial score (nSPS) is 23.6. The number of halogens is 1. The van der Waals surface area contributed by atoms with Gasteiger partial charge in [0.05, 0.1) is 4.92 Å². The Labute approximate surface area is 162 Å². The Kier molecular flexibility index (Phi) is 5.66. The number of alkyl halides is 1. The number of ether oxygens (including phenoxy) is 1. The van der Waals surface area contributed by atoms with Gasteiger partial charge in [-0.1, -0.05) is 0 Å². The Morgan fingerprint density at radius 3 is 2.70 bits per heavy atom. The molecule has 1 aromatic carbocycles. The van der Waals surface area contributed by atoms with E-state index < -0.39 is 28.4 Å². The van der Waals surface area contributed by atoms with Crippen LogP contribution in [0.15, 0.2) is 35.2 Å². The maximum absolute atomic E-state index is 12.6. The number of non-ortho nitro benzene ring substituents is 1. The van der Waals surface area contributed by atoms with Crippen LogP contribution in [0.1, 0.15) is 5.56 Å². The number of hydrogen-bond acceptors (Lipinski definition) is 7. The SMILES string of the molecule is O=CNC1C(=O)N2C(C(=O)OCc3ccc([N+](=O)[O-])cc3)C(CCl)=CS[C@@H]12. The van der Waals surface area contributed by atoms with Gasteiger partial charge in [0.1, 0.15) is 18.0 Å². The molecule has 2 heterocycles. The number of nitrogens with one attached hydrogen (secondary N) is 1. The van der Waals surface area contributed by atoms with Crippen molar-refractivity contribution in [3.8, 4) is 0 Å². The molecule has 11 heteroatoms. The average Bonchev–Trinajstić information content (AvgIpc) is 2.69. The minimum absolute atomic E-state index is 0.0482. The Morgan fingerprint density at radius 1 is 1.41 bits per heavy atom. The van der Waals surface area contributed by atoms with E-state index in [0.29, 0.717) is 17.5 Å². The Bertz CT molecular complexity index is 815. The van der Waals surface area contributed by atoms with Crippen LogP contribution >= 0.6 is 23.4 Å². The van der Waals surface area contributed by atoms with Gasteiger partial charge >= 0.3 is 5.97 Å². The van der Waals surface area contributed by atoms with Crippen LogP contribution in [0.2, 0.25) is 0 Å². The summed E-state index contributed by atoms with van der Waals surface area (Å²) < 4.78 is 5.29. The highest BCUT2D eigenvalue weighted by Gasteiger charge is 2.55. The molecule has 0 spiro atoms. The minimum Gasteiger partial charge on any atom is -0.459 e. The smallest absolute Gasteiger partial charge is 0.333 e. The number of carbonyl (C=O) groups excluding carboxylic acids is 3. The lowest BCUT2D eigenvalue weighted by atomic mass is 9.99. The van der Waals surface area contributed by atoms with Crippen LogP contribution in [-0.2, 0) is 25.7 Å². The van der Waals surface area contributed by atoms with Gasteiger partial charge in [0.2, 0.25) is 12.3 Å². The number of nitrogens with zero attached hydrogens (tertiary/aromatic N) is 2. The summed E-state index contributed by atoms with van der Waals surface area (Å²) >= 11 is 7.21. The third-order valence-corrected chi connectivity index (χ3v) is 5.75.